The van der Waals surface area contributed by atoms with Gasteiger partial charge in [-0.2, -0.15) is 18.2 Å². The molecular weight excluding hydrogens is 488 g/mol. The number of carboxylic acids is 1. The number of carbonyl (C=O) groups excluding carboxylic acids is 1. The number of amides is 1. The van der Waals surface area contributed by atoms with Crippen molar-refractivity contribution in [3.63, 3.8) is 0 Å². The Balaban J connectivity index is 0.000000454. The molecule has 1 aromatic heterocycles. The fraction of sp³-hybridized carbons (Fsp3) is 0.435. The smallest absolute Gasteiger partial charge is 0.487 e. The first kappa shape index (κ1) is 27.0. The van der Waals surface area contributed by atoms with Crippen LogP contribution in [-0.4, -0.2) is 67.0 Å². The number of carbonyl (C=O) groups is 2. The van der Waals surface area contributed by atoms with Crippen molar-refractivity contribution in [2.75, 3.05) is 31.6 Å². The normalized spacial score (nSPS) is 17.5. The van der Waals surface area contributed by atoms with Crippen LogP contribution in [0.2, 0.25) is 0 Å². The lowest BCUT2D eigenvalue weighted by Crippen LogP contribution is -2.54. The molecule has 0 unspecified atom stereocenters. The van der Waals surface area contributed by atoms with Crippen LogP contribution < -0.4 is 25.0 Å². The number of hydrogen-bond acceptors (Lipinski definition) is 7. The van der Waals surface area contributed by atoms with E-state index in [-0.39, 0.29) is 30.4 Å². The number of rotatable bonds is 7. The highest BCUT2D eigenvalue weighted by Gasteiger charge is 2.38. The van der Waals surface area contributed by atoms with Gasteiger partial charge in [0.25, 0.3) is 0 Å². The molecule has 2 fully saturated rings. The van der Waals surface area contributed by atoms with E-state index in [0.717, 1.165) is 25.1 Å². The predicted octanol–water partition coefficient (Wildman–Crippen LogP) is 2.50. The molecule has 4 rings (SSSR count). The van der Waals surface area contributed by atoms with Gasteiger partial charge in [-0.1, -0.05) is 18.2 Å². The number of nitrogens with zero attached hydrogens (tertiary/aromatic N) is 2. The summed E-state index contributed by atoms with van der Waals surface area (Å²) >= 11 is 0. The van der Waals surface area contributed by atoms with E-state index < -0.39 is 18.0 Å². The van der Waals surface area contributed by atoms with Crippen molar-refractivity contribution in [1.29, 1.82) is 0 Å². The zero-order valence-electron chi connectivity index (χ0n) is 19.3. The van der Waals surface area contributed by atoms with Crippen LogP contribution in [0.3, 0.4) is 0 Å². The van der Waals surface area contributed by atoms with Gasteiger partial charge in [0.1, 0.15) is 11.9 Å². The van der Waals surface area contributed by atoms with Gasteiger partial charge < -0.3 is 30.1 Å². The minimum Gasteiger partial charge on any atom is -0.487 e. The third-order valence-corrected chi connectivity index (χ3v) is 5.46. The van der Waals surface area contributed by atoms with Crippen LogP contribution in [0.25, 0.3) is 0 Å². The SMILES string of the molecule is COc1nc(N2CC(Oc3ccccc3)C2)c(F)cc1CNC(=O)[C@@H]1CCCN1.O=C(O)C(F)(F)F. The highest BCUT2D eigenvalue weighted by Crippen LogP contribution is 2.29. The van der Waals surface area contributed by atoms with E-state index >= 15 is 0 Å². The highest BCUT2D eigenvalue weighted by molar-refractivity contribution is 5.82. The van der Waals surface area contributed by atoms with Crippen LogP contribution in [-0.2, 0) is 16.1 Å². The Hall–Kier alpha value is -3.61. The van der Waals surface area contributed by atoms with Crippen molar-refractivity contribution in [2.45, 2.75) is 37.7 Å². The first-order chi connectivity index (χ1) is 17.1. The van der Waals surface area contributed by atoms with Gasteiger partial charge in [0.2, 0.25) is 11.8 Å². The zero-order valence-corrected chi connectivity index (χ0v) is 19.3. The molecular formula is C23H26F4N4O5. The van der Waals surface area contributed by atoms with E-state index in [1.165, 1.54) is 13.2 Å². The third kappa shape index (κ3) is 7.20. The fourth-order valence-electron chi connectivity index (χ4n) is 3.62. The number of pyridine rings is 1. The predicted molar refractivity (Wildman–Crippen MR) is 120 cm³/mol. The maximum absolute atomic E-state index is 14.7. The van der Waals surface area contributed by atoms with Gasteiger partial charge in [-0.25, -0.2) is 9.18 Å². The third-order valence-electron chi connectivity index (χ3n) is 5.46. The molecule has 0 aliphatic carbocycles. The molecule has 3 N–H and O–H groups in total. The van der Waals surface area contributed by atoms with Crippen molar-refractivity contribution in [2.24, 2.45) is 0 Å². The Morgan fingerprint density at radius 2 is 1.92 bits per heavy atom. The largest absolute Gasteiger partial charge is 0.490 e. The van der Waals surface area contributed by atoms with Crippen LogP contribution in [0.15, 0.2) is 36.4 Å². The summed E-state index contributed by atoms with van der Waals surface area (Å²) in [6.45, 7) is 2.11. The van der Waals surface area contributed by atoms with Gasteiger partial charge in [0, 0.05) is 12.1 Å². The zero-order chi connectivity index (χ0) is 26.3. The topological polar surface area (TPSA) is 113 Å². The Morgan fingerprint density at radius 1 is 1.25 bits per heavy atom. The summed E-state index contributed by atoms with van der Waals surface area (Å²) in [7, 11) is 1.49. The quantitative estimate of drug-likeness (QED) is 0.484. The van der Waals surface area contributed by atoms with Crippen LogP contribution in [0.1, 0.15) is 18.4 Å². The summed E-state index contributed by atoms with van der Waals surface area (Å²) in [6, 6.07) is 10.8. The molecule has 0 radical (unpaired) electrons. The number of para-hydroxylation sites is 1. The van der Waals surface area contributed by atoms with E-state index in [4.69, 9.17) is 19.4 Å². The Bertz CT molecular complexity index is 1040. The fourth-order valence-corrected chi connectivity index (χ4v) is 3.62. The number of halogens is 4. The molecule has 0 saturated carbocycles. The number of alkyl halides is 3. The average molecular weight is 514 g/mol. The van der Waals surface area contributed by atoms with Crippen molar-refractivity contribution < 1.29 is 41.7 Å². The lowest BCUT2D eigenvalue weighted by Gasteiger charge is -2.40. The number of aromatic nitrogens is 1. The van der Waals surface area contributed by atoms with E-state index in [9.17, 15) is 22.4 Å². The summed E-state index contributed by atoms with van der Waals surface area (Å²) in [6.07, 6.45) is -3.30. The van der Waals surface area contributed by atoms with Crippen molar-refractivity contribution in [3.8, 4) is 11.6 Å². The number of nitrogens with one attached hydrogen (secondary N) is 2. The lowest BCUT2D eigenvalue weighted by atomic mass is 10.1. The maximum Gasteiger partial charge on any atom is 0.490 e. The molecule has 2 saturated heterocycles. The van der Waals surface area contributed by atoms with Gasteiger partial charge >= 0.3 is 12.1 Å². The Labute approximate surface area is 204 Å². The second kappa shape index (κ2) is 11.9. The van der Waals surface area contributed by atoms with Crippen LogP contribution in [0.5, 0.6) is 11.6 Å². The van der Waals surface area contributed by atoms with Crippen molar-refractivity contribution >= 4 is 17.7 Å². The molecule has 1 amide bonds. The number of hydrogen-bond donors (Lipinski definition) is 3. The first-order valence-electron chi connectivity index (χ1n) is 11.1. The number of aliphatic carboxylic acids is 1. The summed E-state index contributed by atoms with van der Waals surface area (Å²) in [4.78, 5) is 27.2. The van der Waals surface area contributed by atoms with Gasteiger partial charge in [-0.05, 0) is 37.6 Å². The van der Waals surface area contributed by atoms with Gasteiger partial charge in [0.05, 0.1) is 26.2 Å². The number of benzene rings is 1. The van der Waals surface area contributed by atoms with Crippen molar-refractivity contribution in [3.05, 3.63) is 47.8 Å². The summed E-state index contributed by atoms with van der Waals surface area (Å²) < 4.78 is 57.6. The minimum absolute atomic E-state index is 0.0116. The molecule has 1 aromatic carbocycles. The molecule has 2 aliphatic heterocycles. The van der Waals surface area contributed by atoms with Crippen LogP contribution in [0.4, 0.5) is 23.4 Å². The lowest BCUT2D eigenvalue weighted by molar-refractivity contribution is -0.192. The van der Waals surface area contributed by atoms with E-state index in [1.807, 2.05) is 35.2 Å². The summed E-state index contributed by atoms with van der Waals surface area (Å²) in [5, 5.41) is 13.1. The van der Waals surface area contributed by atoms with Gasteiger partial charge in [0.15, 0.2) is 11.6 Å². The molecule has 0 bridgehead atoms. The molecule has 36 heavy (non-hydrogen) atoms. The summed E-state index contributed by atoms with van der Waals surface area (Å²) in [5.41, 5.74) is 0.512. The summed E-state index contributed by atoms with van der Waals surface area (Å²) in [5.74, 6) is -1.93. The standard InChI is InChI=1S/C21H25FN4O3.C2HF3O2/c1-28-21-14(11-24-20(27)18-8-5-9-23-18)10-17(22)19(25-21)26-12-16(13-26)29-15-6-3-2-4-7-15;3-2(4,5)1(6)7/h2-4,6-7,10,16,18,23H,5,8-9,11-13H2,1H3,(H,24,27);(H,6,7)/t18-;/m0./s1. The van der Waals surface area contributed by atoms with E-state index in [0.29, 0.717) is 24.5 Å². The highest BCUT2D eigenvalue weighted by atomic mass is 19.4. The van der Waals surface area contributed by atoms with Crippen LogP contribution in [0, 0.1) is 5.82 Å². The molecule has 196 valence electrons. The number of anilines is 1. The van der Waals surface area contributed by atoms with Crippen molar-refractivity contribution in [1.82, 2.24) is 15.6 Å². The molecule has 3 heterocycles. The Morgan fingerprint density at radius 3 is 2.47 bits per heavy atom. The molecule has 9 nitrogen and oxygen atoms in total. The van der Waals surface area contributed by atoms with E-state index in [2.05, 4.69) is 15.6 Å². The maximum atomic E-state index is 14.7. The molecule has 2 aromatic rings. The minimum atomic E-state index is -5.08. The first-order valence-corrected chi connectivity index (χ1v) is 11.1. The average Bonchev–Trinajstić information content (AvgIpc) is 3.36. The number of methoxy groups -OCH3 is 1. The van der Waals surface area contributed by atoms with Gasteiger partial charge in [-0.3, -0.25) is 4.79 Å². The van der Waals surface area contributed by atoms with Crippen LogP contribution >= 0.6 is 0 Å². The second-order valence-corrected chi connectivity index (χ2v) is 8.09. The number of carboxylic acid groups (broad SMARTS) is 1. The monoisotopic (exact) mass is 514 g/mol. The number of ether oxygens (including phenoxy) is 2. The second-order valence-electron chi connectivity index (χ2n) is 8.09. The molecule has 1 atom stereocenters. The van der Waals surface area contributed by atoms with E-state index in [1.54, 1.807) is 0 Å². The molecule has 2 aliphatic rings. The van der Waals surface area contributed by atoms with Gasteiger partial charge in [-0.15, -0.1) is 0 Å². The molecule has 13 heteroatoms. The molecule has 0 spiro atoms. The Kier molecular flexibility index (Phi) is 8.91.